The number of aliphatic hydroxyl groups is 2. The highest BCUT2D eigenvalue weighted by Crippen LogP contribution is 2.34. The van der Waals surface area contributed by atoms with E-state index in [2.05, 4.69) is 33.9 Å². The smallest absolute Gasteiger partial charge is 0.259 e. The molecular formula is C22H27ClN4O4. The van der Waals surface area contributed by atoms with E-state index in [4.69, 9.17) is 26.0 Å². The lowest BCUT2D eigenvalue weighted by atomic mass is 10.1. The van der Waals surface area contributed by atoms with Crippen LogP contribution in [0, 0.1) is 13.8 Å². The Morgan fingerprint density at radius 2 is 1.84 bits per heavy atom. The fraction of sp³-hybridized carbons (Fsp3) is 0.409. The summed E-state index contributed by atoms with van der Waals surface area (Å²) in [7, 11) is 0. The number of benzene rings is 1. The van der Waals surface area contributed by atoms with E-state index < -0.39 is 6.10 Å². The van der Waals surface area contributed by atoms with Crippen molar-refractivity contribution < 1.29 is 19.5 Å². The molecule has 8 nitrogen and oxygen atoms in total. The van der Waals surface area contributed by atoms with Crippen LogP contribution in [0.2, 0.25) is 5.02 Å². The Morgan fingerprint density at radius 3 is 2.45 bits per heavy atom. The Morgan fingerprint density at radius 1 is 1.13 bits per heavy atom. The first-order valence-corrected chi connectivity index (χ1v) is 10.5. The van der Waals surface area contributed by atoms with Crippen molar-refractivity contribution in [2.75, 3.05) is 31.2 Å². The normalized spacial score (nSPS) is 12.1. The zero-order valence-electron chi connectivity index (χ0n) is 18.1. The number of nitrogens with zero attached hydrogens (tertiary/aromatic N) is 4. The molecule has 1 unspecified atom stereocenters. The number of ether oxygens (including phenoxy) is 1. The summed E-state index contributed by atoms with van der Waals surface area (Å²) in [4.78, 5) is 11.3. The molecule has 0 radical (unpaired) electrons. The molecule has 0 aliphatic carbocycles. The lowest BCUT2D eigenvalue weighted by Gasteiger charge is -2.21. The first-order valence-electron chi connectivity index (χ1n) is 10.2. The molecule has 0 amide bonds. The van der Waals surface area contributed by atoms with Gasteiger partial charge >= 0.3 is 0 Å². The number of hydrogen-bond acceptors (Lipinski definition) is 8. The summed E-state index contributed by atoms with van der Waals surface area (Å²) in [5, 5.41) is 22.8. The lowest BCUT2D eigenvalue weighted by Crippen LogP contribution is -2.23. The van der Waals surface area contributed by atoms with Gasteiger partial charge in [0, 0.05) is 24.8 Å². The van der Waals surface area contributed by atoms with Crippen molar-refractivity contribution in [1.82, 2.24) is 15.1 Å². The van der Waals surface area contributed by atoms with Crippen molar-refractivity contribution in [3.8, 4) is 28.6 Å². The molecule has 31 heavy (non-hydrogen) atoms. The van der Waals surface area contributed by atoms with Crippen LogP contribution in [-0.2, 0) is 0 Å². The molecule has 0 aliphatic rings. The molecule has 2 aromatic heterocycles. The van der Waals surface area contributed by atoms with Gasteiger partial charge in [-0.25, -0.2) is 4.98 Å². The number of aryl methyl sites for hydroxylation is 2. The van der Waals surface area contributed by atoms with Gasteiger partial charge in [0.2, 0.25) is 5.82 Å². The molecular weight excluding hydrogens is 420 g/mol. The third-order valence-electron chi connectivity index (χ3n) is 4.90. The van der Waals surface area contributed by atoms with E-state index in [0.717, 1.165) is 35.6 Å². The Balaban J connectivity index is 1.85. The number of rotatable bonds is 9. The molecule has 166 valence electrons. The van der Waals surface area contributed by atoms with E-state index in [1.54, 1.807) is 12.3 Å². The van der Waals surface area contributed by atoms with Crippen LogP contribution in [0.15, 0.2) is 28.9 Å². The van der Waals surface area contributed by atoms with Gasteiger partial charge in [-0.3, -0.25) is 0 Å². The molecule has 3 aromatic rings. The van der Waals surface area contributed by atoms with Gasteiger partial charge in [0.05, 0.1) is 17.2 Å². The van der Waals surface area contributed by atoms with Crippen molar-refractivity contribution in [2.24, 2.45) is 0 Å². The Kier molecular flexibility index (Phi) is 7.48. The molecule has 2 heterocycles. The maximum absolute atomic E-state index is 9.48. The standard InChI is InChI=1S/C22H27ClN4O4/c1-5-27(6-2)21-14(4)8-16(10-24-21)22-25-20(26-31-22)15-7-13(3)19(18(23)9-15)30-12-17(29)11-28/h7-10,17,28-29H,5-6,11-12H2,1-4H3. The molecule has 0 fully saturated rings. The highest BCUT2D eigenvalue weighted by atomic mass is 35.5. The van der Waals surface area contributed by atoms with Gasteiger partial charge in [-0.2, -0.15) is 4.98 Å². The Labute approximate surface area is 186 Å². The maximum atomic E-state index is 9.48. The Bertz CT molecular complexity index is 1010. The van der Waals surface area contributed by atoms with Crippen LogP contribution in [0.1, 0.15) is 25.0 Å². The van der Waals surface area contributed by atoms with E-state index in [1.807, 2.05) is 26.0 Å². The van der Waals surface area contributed by atoms with Crippen LogP contribution < -0.4 is 9.64 Å². The molecule has 0 saturated carbocycles. The number of hydrogen-bond donors (Lipinski definition) is 2. The molecule has 0 aliphatic heterocycles. The first-order chi connectivity index (χ1) is 14.9. The van der Waals surface area contributed by atoms with Crippen LogP contribution in [0.3, 0.4) is 0 Å². The van der Waals surface area contributed by atoms with Gasteiger partial charge in [-0.15, -0.1) is 0 Å². The van der Waals surface area contributed by atoms with Gasteiger partial charge in [-0.1, -0.05) is 16.8 Å². The predicted octanol–water partition coefficient (Wildman–Crippen LogP) is 3.65. The molecule has 1 aromatic carbocycles. The Hall–Kier alpha value is -2.68. The van der Waals surface area contributed by atoms with Gasteiger partial charge < -0.3 is 24.4 Å². The second kappa shape index (κ2) is 10.1. The summed E-state index contributed by atoms with van der Waals surface area (Å²) >= 11 is 6.36. The van der Waals surface area contributed by atoms with E-state index in [-0.39, 0.29) is 13.2 Å². The maximum Gasteiger partial charge on any atom is 0.259 e. The molecule has 3 rings (SSSR count). The third-order valence-corrected chi connectivity index (χ3v) is 5.19. The highest BCUT2D eigenvalue weighted by molar-refractivity contribution is 6.32. The van der Waals surface area contributed by atoms with Crippen LogP contribution in [0.4, 0.5) is 5.82 Å². The average molecular weight is 447 g/mol. The van der Waals surface area contributed by atoms with Crippen molar-refractivity contribution in [2.45, 2.75) is 33.8 Å². The number of aliphatic hydroxyl groups excluding tert-OH is 2. The summed E-state index contributed by atoms with van der Waals surface area (Å²) in [5.41, 5.74) is 3.21. The van der Waals surface area contributed by atoms with Crippen LogP contribution in [0.25, 0.3) is 22.8 Å². The summed E-state index contributed by atoms with van der Waals surface area (Å²) in [6, 6.07) is 5.49. The fourth-order valence-electron chi connectivity index (χ4n) is 3.27. The number of pyridine rings is 1. The highest BCUT2D eigenvalue weighted by Gasteiger charge is 2.17. The lowest BCUT2D eigenvalue weighted by molar-refractivity contribution is 0.0534. The first kappa shape index (κ1) is 23.0. The SMILES string of the molecule is CCN(CC)c1ncc(-c2nc(-c3cc(C)c(OCC(O)CO)c(Cl)c3)no2)cc1C. The molecule has 1 atom stereocenters. The minimum Gasteiger partial charge on any atom is -0.489 e. The summed E-state index contributed by atoms with van der Waals surface area (Å²) < 4.78 is 11.0. The van der Waals surface area contributed by atoms with E-state index in [1.165, 1.54) is 0 Å². The molecule has 9 heteroatoms. The van der Waals surface area contributed by atoms with Crippen molar-refractivity contribution >= 4 is 17.4 Å². The van der Waals surface area contributed by atoms with Crippen LogP contribution in [-0.4, -0.2) is 57.7 Å². The topological polar surface area (TPSA) is 105 Å². The van der Waals surface area contributed by atoms with Crippen LogP contribution in [0.5, 0.6) is 5.75 Å². The van der Waals surface area contributed by atoms with Gasteiger partial charge in [0.1, 0.15) is 24.3 Å². The molecule has 0 spiro atoms. The van der Waals surface area contributed by atoms with Gasteiger partial charge in [0.25, 0.3) is 5.89 Å². The second-order valence-corrected chi connectivity index (χ2v) is 7.62. The number of halogens is 1. The molecule has 0 bridgehead atoms. The predicted molar refractivity (Wildman–Crippen MR) is 120 cm³/mol. The second-order valence-electron chi connectivity index (χ2n) is 7.21. The fourth-order valence-corrected chi connectivity index (χ4v) is 3.59. The van der Waals surface area contributed by atoms with E-state index in [0.29, 0.717) is 28.1 Å². The number of aromatic nitrogens is 3. The number of anilines is 1. The van der Waals surface area contributed by atoms with E-state index >= 15 is 0 Å². The third kappa shape index (κ3) is 5.15. The zero-order valence-corrected chi connectivity index (χ0v) is 18.8. The summed E-state index contributed by atoms with van der Waals surface area (Å²) in [6.07, 6.45) is 0.764. The van der Waals surface area contributed by atoms with Gasteiger partial charge in [0.15, 0.2) is 0 Å². The molecule has 2 N–H and O–H groups in total. The van der Waals surface area contributed by atoms with E-state index in [9.17, 15) is 5.11 Å². The van der Waals surface area contributed by atoms with Crippen molar-refractivity contribution in [1.29, 1.82) is 0 Å². The largest absolute Gasteiger partial charge is 0.489 e. The summed E-state index contributed by atoms with van der Waals surface area (Å²) in [5.74, 6) is 2.15. The summed E-state index contributed by atoms with van der Waals surface area (Å²) in [6.45, 7) is 9.36. The average Bonchev–Trinajstić information content (AvgIpc) is 3.25. The quantitative estimate of drug-likeness (QED) is 0.513. The minimum absolute atomic E-state index is 0.0569. The monoisotopic (exact) mass is 446 g/mol. The minimum atomic E-state index is -0.972. The van der Waals surface area contributed by atoms with Crippen molar-refractivity contribution in [3.05, 3.63) is 40.5 Å². The molecule has 0 saturated heterocycles. The zero-order chi connectivity index (χ0) is 22.5. The van der Waals surface area contributed by atoms with Gasteiger partial charge in [-0.05, 0) is 57.0 Å². The van der Waals surface area contributed by atoms with Crippen LogP contribution >= 0.6 is 11.6 Å². The van der Waals surface area contributed by atoms with Crippen molar-refractivity contribution in [3.63, 3.8) is 0 Å².